The van der Waals surface area contributed by atoms with Crippen molar-refractivity contribution >= 4 is 22.9 Å². The van der Waals surface area contributed by atoms with Crippen LogP contribution in [-0.2, 0) is 9.53 Å². The number of aromatic nitrogens is 1. The summed E-state index contributed by atoms with van der Waals surface area (Å²) in [7, 11) is 0. The molecule has 1 aromatic heterocycles. The van der Waals surface area contributed by atoms with Gasteiger partial charge in [-0.25, -0.2) is 9.78 Å². The summed E-state index contributed by atoms with van der Waals surface area (Å²) in [5, 5.41) is 2.73. The summed E-state index contributed by atoms with van der Waals surface area (Å²) in [6.07, 6.45) is 3.17. The van der Waals surface area contributed by atoms with Crippen LogP contribution in [0.25, 0.3) is 5.57 Å². The van der Waals surface area contributed by atoms with Gasteiger partial charge in [-0.15, -0.1) is 11.3 Å². The van der Waals surface area contributed by atoms with E-state index < -0.39 is 0 Å². The highest BCUT2D eigenvalue weighted by Crippen LogP contribution is 2.15. The van der Waals surface area contributed by atoms with Crippen molar-refractivity contribution in [1.82, 2.24) is 4.98 Å². The molecule has 0 fully saturated rings. The van der Waals surface area contributed by atoms with Crippen LogP contribution in [0.2, 0.25) is 0 Å². The zero-order chi connectivity index (χ0) is 9.68. The van der Waals surface area contributed by atoms with Crippen LogP contribution in [0.15, 0.2) is 17.7 Å². The lowest BCUT2D eigenvalue weighted by atomic mass is 10.3. The molecule has 1 aromatic rings. The molecule has 0 radical (unpaired) electrons. The predicted molar refractivity (Wildman–Crippen MR) is 52.4 cm³/mol. The Bertz CT molecular complexity index is 303. The number of esters is 1. The molecule has 1 rings (SSSR count). The molecule has 0 amide bonds. The van der Waals surface area contributed by atoms with Gasteiger partial charge in [-0.1, -0.05) is 0 Å². The first-order valence-corrected chi connectivity index (χ1v) is 4.87. The minimum Gasteiger partial charge on any atom is -0.463 e. The molecule has 0 aromatic carbocycles. The van der Waals surface area contributed by atoms with Gasteiger partial charge in [0, 0.05) is 17.7 Å². The second-order valence-electron chi connectivity index (χ2n) is 2.42. The van der Waals surface area contributed by atoms with Gasteiger partial charge in [-0.3, -0.25) is 0 Å². The van der Waals surface area contributed by atoms with E-state index in [-0.39, 0.29) is 5.97 Å². The lowest BCUT2D eigenvalue weighted by Gasteiger charge is -1.97. The van der Waals surface area contributed by atoms with Gasteiger partial charge in [0.2, 0.25) is 0 Å². The van der Waals surface area contributed by atoms with Gasteiger partial charge >= 0.3 is 5.97 Å². The number of rotatable bonds is 3. The second kappa shape index (κ2) is 4.77. The van der Waals surface area contributed by atoms with Crippen molar-refractivity contribution in [2.45, 2.75) is 13.8 Å². The summed E-state index contributed by atoms with van der Waals surface area (Å²) >= 11 is 1.50. The van der Waals surface area contributed by atoms with Crippen molar-refractivity contribution in [3.63, 3.8) is 0 Å². The van der Waals surface area contributed by atoms with Crippen molar-refractivity contribution < 1.29 is 9.53 Å². The molecule has 0 spiro atoms. The first-order valence-electron chi connectivity index (χ1n) is 3.99. The maximum Gasteiger partial charge on any atom is 0.331 e. The van der Waals surface area contributed by atoms with E-state index in [4.69, 9.17) is 4.74 Å². The fraction of sp³-hybridized carbons (Fsp3) is 0.333. The van der Waals surface area contributed by atoms with E-state index in [9.17, 15) is 4.79 Å². The number of thiazole rings is 1. The largest absolute Gasteiger partial charge is 0.463 e. The normalized spacial score (nSPS) is 11.4. The zero-order valence-corrected chi connectivity index (χ0v) is 8.43. The maximum absolute atomic E-state index is 11.0. The molecule has 0 atom stereocenters. The van der Waals surface area contributed by atoms with E-state index in [1.807, 2.05) is 12.3 Å². The number of allylic oxidation sites excluding steroid dienone is 1. The Morgan fingerprint density at radius 1 is 1.77 bits per heavy atom. The number of hydrogen-bond acceptors (Lipinski definition) is 4. The quantitative estimate of drug-likeness (QED) is 0.550. The van der Waals surface area contributed by atoms with Gasteiger partial charge in [-0.2, -0.15) is 0 Å². The summed E-state index contributed by atoms with van der Waals surface area (Å²) in [6, 6.07) is 0. The van der Waals surface area contributed by atoms with Crippen LogP contribution in [0.3, 0.4) is 0 Å². The van der Waals surface area contributed by atoms with Gasteiger partial charge in [0.1, 0.15) is 5.01 Å². The predicted octanol–water partition coefficient (Wildman–Crippen LogP) is 2.11. The van der Waals surface area contributed by atoms with E-state index in [1.165, 1.54) is 17.4 Å². The molecule has 0 saturated heterocycles. The first kappa shape index (κ1) is 9.92. The molecule has 0 unspecified atom stereocenters. The molecular weight excluding hydrogens is 186 g/mol. The summed E-state index contributed by atoms with van der Waals surface area (Å²) in [5.74, 6) is -0.310. The smallest absolute Gasteiger partial charge is 0.331 e. The molecular formula is C9H11NO2S. The average molecular weight is 197 g/mol. The van der Waals surface area contributed by atoms with Gasteiger partial charge < -0.3 is 4.74 Å². The van der Waals surface area contributed by atoms with Gasteiger partial charge in [0.25, 0.3) is 0 Å². The molecule has 0 aliphatic rings. The molecule has 0 saturated carbocycles. The van der Waals surface area contributed by atoms with E-state index in [1.54, 1.807) is 13.1 Å². The standard InChI is InChI=1S/C9H11NO2S/c1-3-12-8(11)6-7(2)9-10-4-5-13-9/h4-6H,3H2,1-2H3/b7-6+. The Balaban J connectivity index is 2.67. The van der Waals surface area contributed by atoms with Crippen molar-refractivity contribution in [2.75, 3.05) is 6.61 Å². The van der Waals surface area contributed by atoms with Crippen LogP contribution >= 0.6 is 11.3 Å². The van der Waals surface area contributed by atoms with Crippen LogP contribution in [0.5, 0.6) is 0 Å². The summed E-state index contributed by atoms with van der Waals surface area (Å²) in [6.45, 7) is 4.03. The van der Waals surface area contributed by atoms with Crippen LogP contribution in [0, 0.1) is 0 Å². The number of ether oxygens (including phenoxy) is 1. The van der Waals surface area contributed by atoms with Crippen molar-refractivity contribution in [1.29, 1.82) is 0 Å². The lowest BCUT2D eigenvalue weighted by Crippen LogP contribution is -1.99. The number of nitrogens with zero attached hydrogens (tertiary/aromatic N) is 1. The molecule has 0 aliphatic carbocycles. The average Bonchev–Trinajstić information content (AvgIpc) is 2.55. The second-order valence-corrected chi connectivity index (χ2v) is 3.31. The van der Waals surface area contributed by atoms with Crippen LogP contribution in [-0.4, -0.2) is 17.6 Å². The monoisotopic (exact) mass is 197 g/mol. The van der Waals surface area contributed by atoms with Crippen molar-refractivity contribution in [2.24, 2.45) is 0 Å². The molecule has 4 heteroatoms. The first-order chi connectivity index (χ1) is 6.24. The van der Waals surface area contributed by atoms with Gasteiger partial charge in [0.05, 0.1) is 6.61 Å². The molecule has 0 N–H and O–H groups in total. The van der Waals surface area contributed by atoms with Gasteiger partial charge in [-0.05, 0) is 19.4 Å². The minimum absolute atomic E-state index is 0.310. The van der Waals surface area contributed by atoms with Crippen molar-refractivity contribution in [3.05, 3.63) is 22.7 Å². The third kappa shape index (κ3) is 2.99. The fourth-order valence-electron chi connectivity index (χ4n) is 0.841. The summed E-state index contributed by atoms with van der Waals surface area (Å²) in [4.78, 5) is 15.1. The number of carbonyl (C=O) groups excluding carboxylic acids is 1. The lowest BCUT2D eigenvalue weighted by molar-refractivity contribution is -0.137. The Labute approximate surface area is 81.1 Å². The molecule has 70 valence electrons. The van der Waals surface area contributed by atoms with E-state index in [0.29, 0.717) is 6.61 Å². The SMILES string of the molecule is CCOC(=O)/C=C(\C)c1nccs1. The summed E-state index contributed by atoms with van der Waals surface area (Å²) < 4.78 is 4.77. The maximum atomic E-state index is 11.0. The van der Waals surface area contributed by atoms with Crippen LogP contribution in [0.1, 0.15) is 18.9 Å². The van der Waals surface area contributed by atoms with Gasteiger partial charge in [0.15, 0.2) is 0 Å². The topological polar surface area (TPSA) is 39.2 Å². The Morgan fingerprint density at radius 2 is 2.54 bits per heavy atom. The third-order valence-corrected chi connectivity index (χ3v) is 2.30. The Hall–Kier alpha value is -1.16. The highest BCUT2D eigenvalue weighted by molar-refractivity contribution is 7.10. The summed E-state index contributed by atoms with van der Waals surface area (Å²) in [5.41, 5.74) is 0.841. The van der Waals surface area contributed by atoms with E-state index in [0.717, 1.165) is 10.6 Å². The molecule has 0 aliphatic heterocycles. The fourth-order valence-corrected chi connectivity index (χ4v) is 1.46. The Kier molecular flexibility index (Phi) is 3.64. The number of carbonyl (C=O) groups is 1. The minimum atomic E-state index is -0.310. The number of hydrogen-bond donors (Lipinski definition) is 0. The third-order valence-electron chi connectivity index (χ3n) is 1.39. The van der Waals surface area contributed by atoms with E-state index >= 15 is 0 Å². The van der Waals surface area contributed by atoms with Crippen LogP contribution in [0.4, 0.5) is 0 Å². The molecule has 3 nitrogen and oxygen atoms in total. The molecule has 1 heterocycles. The highest BCUT2D eigenvalue weighted by atomic mass is 32.1. The van der Waals surface area contributed by atoms with Crippen molar-refractivity contribution in [3.8, 4) is 0 Å². The Morgan fingerprint density at radius 3 is 3.08 bits per heavy atom. The van der Waals surface area contributed by atoms with E-state index in [2.05, 4.69) is 4.98 Å². The highest BCUT2D eigenvalue weighted by Gasteiger charge is 2.01. The van der Waals surface area contributed by atoms with Crippen LogP contribution < -0.4 is 0 Å². The molecule has 13 heavy (non-hydrogen) atoms. The zero-order valence-electron chi connectivity index (χ0n) is 7.61. The molecule has 0 bridgehead atoms.